The quantitative estimate of drug-likeness (QED) is 0.224. The van der Waals surface area contributed by atoms with Crippen LogP contribution in [0.1, 0.15) is 6.42 Å². The summed E-state index contributed by atoms with van der Waals surface area (Å²) in [7, 11) is 0.274. The molecule has 1 nitrogen and oxygen atoms in total. The Morgan fingerprint density at radius 3 is 0.868 bits per heavy atom. The maximum Gasteiger partial charge on any atom is 0.438 e. The summed E-state index contributed by atoms with van der Waals surface area (Å²) < 4.78 is 308. The molecule has 0 spiro atoms. The summed E-state index contributed by atoms with van der Waals surface area (Å²) in [5.74, 6) is -53.5. The Labute approximate surface area is 192 Å². The molecule has 1 unspecified atom stereocenters. The van der Waals surface area contributed by atoms with E-state index >= 15 is 0 Å². The molecule has 0 aliphatic carbocycles. The van der Waals surface area contributed by atoms with Crippen LogP contribution < -0.4 is 0 Å². The average molecular weight is 628 g/mol. The van der Waals surface area contributed by atoms with Crippen molar-refractivity contribution in [3.05, 3.63) is 0 Å². The van der Waals surface area contributed by atoms with Crippen LogP contribution >= 0.6 is 0 Å². The van der Waals surface area contributed by atoms with E-state index < -0.39 is 78.4 Å². The van der Waals surface area contributed by atoms with Crippen LogP contribution in [0.5, 0.6) is 0 Å². The van der Waals surface area contributed by atoms with E-state index in [9.17, 15) is 101 Å². The van der Waals surface area contributed by atoms with Gasteiger partial charge in [0.2, 0.25) is 0 Å². The van der Waals surface area contributed by atoms with Gasteiger partial charge < -0.3 is 4.74 Å². The number of rotatable bonds is 10. The fourth-order valence-electron chi connectivity index (χ4n) is 2.54. The zero-order chi connectivity index (χ0) is 31.6. The van der Waals surface area contributed by atoms with Gasteiger partial charge in [0.15, 0.2) is 0 Å². The monoisotopic (exact) mass is 628 g/mol. The lowest BCUT2D eigenvalue weighted by Gasteiger charge is -2.48. The summed E-state index contributed by atoms with van der Waals surface area (Å²) >= 11 is 0. The highest BCUT2D eigenvalue weighted by atomic mass is 19.4. The first-order valence-electron chi connectivity index (χ1n) is 8.40. The van der Waals surface area contributed by atoms with Crippen molar-refractivity contribution in [2.24, 2.45) is 0 Å². The van der Waals surface area contributed by atoms with Crippen LogP contribution in [0.25, 0.3) is 0 Å². The first kappa shape index (κ1) is 36.4. The van der Waals surface area contributed by atoms with Crippen LogP contribution in [0.15, 0.2) is 0 Å². The third-order valence-electron chi connectivity index (χ3n) is 4.73. The molecule has 1 atom stereocenters. The fourth-order valence-corrected chi connectivity index (χ4v) is 2.54. The van der Waals surface area contributed by atoms with Gasteiger partial charge in [-0.25, -0.2) is 8.78 Å². The predicted molar refractivity (Wildman–Crippen MR) is 72.0 cm³/mol. The van der Waals surface area contributed by atoms with Crippen molar-refractivity contribution in [3.8, 4) is 0 Å². The van der Waals surface area contributed by atoms with Gasteiger partial charge in [-0.2, -0.15) is 92.2 Å². The van der Waals surface area contributed by atoms with E-state index in [1.807, 2.05) is 0 Å². The van der Waals surface area contributed by atoms with Gasteiger partial charge in [0, 0.05) is 13.5 Å². The van der Waals surface area contributed by atoms with Crippen molar-refractivity contribution in [1.82, 2.24) is 0 Å². The molecule has 0 saturated carbocycles. The Morgan fingerprint density at radius 1 is 0.368 bits per heavy atom. The van der Waals surface area contributed by atoms with Gasteiger partial charge in [0.1, 0.15) is 0 Å². The van der Waals surface area contributed by atoms with E-state index in [1.54, 1.807) is 0 Å². The van der Waals surface area contributed by atoms with Crippen LogP contribution in [0.2, 0.25) is 0 Å². The van der Waals surface area contributed by atoms with Crippen LogP contribution in [0.4, 0.5) is 101 Å². The van der Waals surface area contributed by atoms with Crippen molar-refractivity contribution in [2.45, 2.75) is 71.8 Å². The smallest absolute Gasteiger partial charge is 0.384 e. The van der Waals surface area contributed by atoms with Crippen molar-refractivity contribution >= 4 is 0 Å². The van der Waals surface area contributed by atoms with Crippen LogP contribution in [0, 0.1) is 0 Å². The Hall–Kier alpha value is -1.65. The number of alkyl halides is 23. The maximum absolute atomic E-state index is 14.2. The second kappa shape index (κ2) is 9.20. The normalized spacial score (nSPS) is 18.0. The van der Waals surface area contributed by atoms with Crippen LogP contribution in [-0.4, -0.2) is 79.1 Å². The van der Waals surface area contributed by atoms with E-state index in [0.717, 1.165) is 0 Å². The molecule has 0 aliphatic rings. The molecule has 230 valence electrons. The third-order valence-corrected chi connectivity index (χ3v) is 4.73. The maximum atomic E-state index is 14.2. The minimum Gasteiger partial charge on any atom is -0.384 e. The van der Waals surface area contributed by atoms with Crippen LogP contribution in [0.3, 0.4) is 0 Å². The lowest BCUT2D eigenvalue weighted by Crippen LogP contribution is -2.81. The summed E-state index contributed by atoms with van der Waals surface area (Å²) in [6.45, 7) is -1.96. The molecule has 0 bridgehead atoms. The number of methoxy groups -OCH3 is 1. The largest absolute Gasteiger partial charge is 0.438 e. The zero-order valence-electron chi connectivity index (χ0n) is 17.0. The molecule has 0 aromatic heterocycles. The van der Waals surface area contributed by atoms with Crippen molar-refractivity contribution in [2.75, 3.05) is 13.7 Å². The molecular formula is C14H7F23O. The van der Waals surface area contributed by atoms with Gasteiger partial charge in [-0.05, 0) is 0 Å². The SMILES string of the molecule is COCCC(F)(F)C(F)(F)C(F)(C(F)(F)F)C(F)(F)C(F)(F)C(F)(F)C(F)(F)C(F)(C(F)(F)F)C(F)(F)F. The number of hydrogen-bond donors (Lipinski definition) is 0. The van der Waals surface area contributed by atoms with Gasteiger partial charge >= 0.3 is 65.4 Å². The number of hydrogen-bond acceptors (Lipinski definition) is 1. The van der Waals surface area contributed by atoms with Gasteiger partial charge in [-0.15, -0.1) is 0 Å². The molecule has 0 saturated heterocycles. The Bertz CT molecular complexity index is 817. The minimum atomic E-state index is -9.57. The first-order valence-corrected chi connectivity index (χ1v) is 8.40. The van der Waals surface area contributed by atoms with E-state index in [0.29, 0.717) is 0 Å². The van der Waals surface area contributed by atoms with E-state index in [1.165, 1.54) is 0 Å². The summed E-state index contributed by atoms with van der Waals surface area (Å²) in [4.78, 5) is 0. The van der Waals surface area contributed by atoms with E-state index in [4.69, 9.17) is 0 Å². The number of halogens is 23. The summed E-state index contributed by atoms with van der Waals surface area (Å²) in [6.07, 6.45) is -28.8. The molecule has 0 heterocycles. The zero-order valence-corrected chi connectivity index (χ0v) is 17.0. The molecule has 0 radical (unpaired) electrons. The van der Waals surface area contributed by atoms with Gasteiger partial charge in [0.25, 0.3) is 0 Å². The summed E-state index contributed by atoms with van der Waals surface area (Å²) in [6, 6.07) is 0. The number of ether oxygens (including phenoxy) is 1. The average Bonchev–Trinajstić information content (AvgIpc) is 2.67. The van der Waals surface area contributed by atoms with Crippen LogP contribution in [-0.2, 0) is 4.74 Å². The predicted octanol–water partition coefficient (Wildman–Crippen LogP) is 7.94. The van der Waals surface area contributed by atoms with Crippen molar-refractivity contribution < 1.29 is 106 Å². The first-order chi connectivity index (χ1) is 16.1. The van der Waals surface area contributed by atoms with Crippen molar-refractivity contribution in [3.63, 3.8) is 0 Å². The molecule has 0 N–H and O–H groups in total. The van der Waals surface area contributed by atoms with Gasteiger partial charge in [0.05, 0.1) is 6.61 Å². The Morgan fingerprint density at radius 2 is 0.632 bits per heavy atom. The third kappa shape index (κ3) is 4.38. The Kier molecular flexibility index (Phi) is 8.80. The molecule has 0 aromatic carbocycles. The highest BCUT2D eigenvalue weighted by molar-refractivity contribution is 5.23. The second-order valence-electron chi connectivity index (χ2n) is 7.13. The second-order valence-corrected chi connectivity index (χ2v) is 7.13. The van der Waals surface area contributed by atoms with Gasteiger partial charge in [-0.1, -0.05) is 0 Å². The topological polar surface area (TPSA) is 9.23 Å². The molecule has 0 rings (SSSR count). The summed E-state index contributed by atoms with van der Waals surface area (Å²) in [5.41, 5.74) is -18.2. The lowest BCUT2D eigenvalue weighted by atomic mass is 9.77. The fraction of sp³-hybridized carbons (Fsp3) is 1.00. The van der Waals surface area contributed by atoms with Crippen molar-refractivity contribution in [1.29, 1.82) is 0 Å². The standard InChI is InChI=1S/C14H7F23O/c1-38-3-2-4(15,16)7(19,20)5(17,12(29,30)31)8(21,22)10(25,26)11(27,28)9(23,24)6(18,13(32,33)34)14(35,36)37/h2-3H2,1H3. The molecular weight excluding hydrogens is 621 g/mol. The van der Waals surface area contributed by atoms with E-state index in [2.05, 4.69) is 4.74 Å². The van der Waals surface area contributed by atoms with E-state index in [-0.39, 0.29) is 7.11 Å². The summed E-state index contributed by atoms with van der Waals surface area (Å²) in [5, 5.41) is 0. The molecule has 0 aliphatic heterocycles. The molecule has 24 heteroatoms. The lowest BCUT2D eigenvalue weighted by molar-refractivity contribution is -0.484. The van der Waals surface area contributed by atoms with Gasteiger partial charge in [-0.3, -0.25) is 0 Å². The molecule has 38 heavy (non-hydrogen) atoms. The highest BCUT2D eigenvalue weighted by Gasteiger charge is 3.01. The molecule has 0 amide bonds. The Balaban J connectivity index is 7.67. The molecule has 0 fully saturated rings. The minimum absolute atomic E-state index is 0.274. The highest BCUT2D eigenvalue weighted by Crippen LogP contribution is 2.69. The molecule has 0 aromatic rings.